The van der Waals surface area contributed by atoms with Crippen molar-refractivity contribution in [2.75, 3.05) is 6.54 Å². The van der Waals surface area contributed by atoms with Crippen molar-refractivity contribution in [3.05, 3.63) is 48.0 Å². The molecule has 5 heteroatoms. The number of aryl methyl sites for hydroxylation is 2. The lowest BCUT2D eigenvalue weighted by Crippen LogP contribution is -2.37. The second-order valence-corrected chi connectivity index (χ2v) is 6.31. The van der Waals surface area contributed by atoms with Crippen LogP contribution >= 0.6 is 0 Å². The summed E-state index contributed by atoms with van der Waals surface area (Å²) in [4.78, 5) is 16.2. The van der Waals surface area contributed by atoms with E-state index < -0.39 is 6.10 Å². The van der Waals surface area contributed by atoms with Gasteiger partial charge in [-0.25, -0.2) is 4.98 Å². The predicted molar refractivity (Wildman–Crippen MR) is 93.0 cm³/mol. The van der Waals surface area contributed by atoms with Crippen molar-refractivity contribution in [1.82, 2.24) is 14.9 Å². The van der Waals surface area contributed by atoms with Crippen LogP contribution in [0.3, 0.4) is 0 Å². The molecule has 0 saturated carbocycles. The Bertz CT molecular complexity index is 667. The van der Waals surface area contributed by atoms with Gasteiger partial charge in [-0.15, -0.1) is 0 Å². The molecule has 5 nitrogen and oxygen atoms in total. The average molecular weight is 327 g/mol. The molecule has 0 saturated heterocycles. The molecule has 1 aliphatic carbocycles. The minimum Gasteiger partial charge on any atom is -0.481 e. The van der Waals surface area contributed by atoms with Crippen molar-refractivity contribution >= 4 is 5.91 Å². The van der Waals surface area contributed by atoms with Gasteiger partial charge in [0, 0.05) is 25.5 Å². The largest absolute Gasteiger partial charge is 0.481 e. The zero-order chi connectivity index (χ0) is 16.8. The first-order chi connectivity index (χ1) is 11.7. The van der Waals surface area contributed by atoms with Gasteiger partial charge in [0.05, 0.1) is 6.33 Å². The molecule has 1 aliphatic rings. The summed E-state index contributed by atoms with van der Waals surface area (Å²) >= 11 is 0. The summed E-state index contributed by atoms with van der Waals surface area (Å²) in [5.74, 6) is 0.808. The maximum absolute atomic E-state index is 12.2. The second kappa shape index (κ2) is 7.99. The van der Waals surface area contributed by atoms with Gasteiger partial charge in [-0.3, -0.25) is 4.79 Å². The maximum Gasteiger partial charge on any atom is 0.260 e. The van der Waals surface area contributed by atoms with Gasteiger partial charge in [-0.2, -0.15) is 0 Å². The molecule has 1 heterocycles. The Balaban J connectivity index is 1.47. The first-order valence-corrected chi connectivity index (χ1v) is 8.75. The van der Waals surface area contributed by atoms with Crippen LogP contribution in [0, 0.1) is 0 Å². The molecular weight excluding hydrogens is 302 g/mol. The number of hydrogen-bond donors (Lipinski definition) is 1. The molecule has 2 aromatic rings. The Kier molecular flexibility index (Phi) is 5.51. The van der Waals surface area contributed by atoms with E-state index >= 15 is 0 Å². The number of nitrogens with zero attached hydrogens (tertiary/aromatic N) is 2. The summed E-state index contributed by atoms with van der Waals surface area (Å²) in [7, 11) is 0. The van der Waals surface area contributed by atoms with E-state index in [2.05, 4.69) is 16.4 Å². The molecule has 0 radical (unpaired) electrons. The van der Waals surface area contributed by atoms with E-state index in [9.17, 15) is 4.79 Å². The second-order valence-electron chi connectivity index (χ2n) is 6.31. The highest BCUT2D eigenvalue weighted by Gasteiger charge is 2.18. The van der Waals surface area contributed by atoms with E-state index in [4.69, 9.17) is 4.74 Å². The number of nitrogens with one attached hydrogen (secondary N) is 1. The van der Waals surface area contributed by atoms with E-state index in [1.165, 1.54) is 24.0 Å². The van der Waals surface area contributed by atoms with Crippen LogP contribution in [0.1, 0.15) is 37.3 Å². The molecule has 1 aromatic heterocycles. The third kappa shape index (κ3) is 4.16. The number of carbonyl (C=O) groups excluding carboxylic acids is 1. The van der Waals surface area contributed by atoms with Crippen LogP contribution in [0.2, 0.25) is 0 Å². The number of aromatic nitrogens is 2. The zero-order valence-electron chi connectivity index (χ0n) is 14.2. The number of rotatable bonds is 7. The third-order valence-electron chi connectivity index (χ3n) is 4.48. The van der Waals surface area contributed by atoms with Gasteiger partial charge in [0.25, 0.3) is 5.91 Å². The number of ether oxygens (including phenoxy) is 1. The molecule has 0 unspecified atom stereocenters. The van der Waals surface area contributed by atoms with Gasteiger partial charge in [-0.05, 0) is 56.2 Å². The first kappa shape index (κ1) is 16.6. The smallest absolute Gasteiger partial charge is 0.260 e. The summed E-state index contributed by atoms with van der Waals surface area (Å²) < 4.78 is 7.95. The molecule has 0 fully saturated rings. The van der Waals surface area contributed by atoms with Crippen LogP contribution in [-0.4, -0.2) is 28.1 Å². The lowest BCUT2D eigenvalue weighted by molar-refractivity contribution is -0.127. The number of amides is 1. The highest BCUT2D eigenvalue weighted by atomic mass is 16.5. The molecule has 1 amide bonds. The number of carbonyl (C=O) groups is 1. The Morgan fingerprint density at radius 1 is 1.38 bits per heavy atom. The van der Waals surface area contributed by atoms with Gasteiger partial charge < -0.3 is 14.6 Å². The third-order valence-corrected chi connectivity index (χ3v) is 4.48. The molecule has 1 N–H and O–H groups in total. The fourth-order valence-corrected chi connectivity index (χ4v) is 3.14. The van der Waals surface area contributed by atoms with E-state index in [1.54, 1.807) is 12.5 Å². The molecule has 0 aliphatic heterocycles. The summed E-state index contributed by atoms with van der Waals surface area (Å²) in [6.45, 7) is 3.30. The Hall–Kier alpha value is -2.30. The monoisotopic (exact) mass is 327 g/mol. The van der Waals surface area contributed by atoms with Crippen molar-refractivity contribution in [3.8, 4) is 5.75 Å². The molecule has 1 atom stereocenters. The quantitative estimate of drug-likeness (QED) is 0.796. The van der Waals surface area contributed by atoms with E-state index in [0.29, 0.717) is 6.54 Å². The van der Waals surface area contributed by atoms with Crippen LogP contribution in [0.5, 0.6) is 5.75 Å². The van der Waals surface area contributed by atoms with Crippen molar-refractivity contribution in [3.63, 3.8) is 0 Å². The van der Waals surface area contributed by atoms with E-state index in [1.807, 2.05) is 29.8 Å². The topological polar surface area (TPSA) is 56.1 Å². The average Bonchev–Trinajstić information content (AvgIpc) is 3.12. The molecule has 1 aromatic carbocycles. The molecule has 24 heavy (non-hydrogen) atoms. The fourth-order valence-electron chi connectivity index (χ4n) is 3.14. The van der Waals surface area contributed by atoms with Crippen LogP contribution < -0.4 is 10.1 Å². The minimum atomic E-state index is -0.480. The Morgan fingerprint density at radius 3 is 3.08 bits per heavy atom. The van der Waals surface area contributed by atoms with Gasteiger partial charge >= 0.3 is 0 Å². The van der Waals surface area contributed by atoms with Gasteiger partial charge in [0.1, 0.15) is 5.75 Å². The summed E-state index contributed by atoms with van der Waals surface area (Å²) in [6, 6.07) is 6.17. The van der Waals surface area contributed by atoms with E-state index in [0.717, 1.165) is 31.6 Å². The van der Waals surface area contributed by atoms with Crippen LogP contribution in [-0.2, 0) is 24.2 Å². The summed E-state index contributed by atoms with van der Waals surface area (Å²) in [6.07, 6.45) is 10.5. The SMILES string of the molecule is C[C@@H](Oc1cccc2c1CCCC2)C(=O)NCCCn1ccnc1. The zero-order valence-corrected chi connectivity index (χ0v) is 14.2. The van der Waals surface area contributed by atoms with Crippen LogP contribution in [0.4, 0.5) is 0 Å². The first-order valence-electron chi connectivity index (χ1n) is 8.75. The Labute approximate surface area is 143 Å². The molecular formula is C19H25N3O2. The van der Waals surface area contributed by atoms with Crippen molar-refractivity contribution in [1.29, 1.82) is 0 Å². The van der Waals surface area contributed by atoms with Crippen molar-refractivity contribution < 1.29 is 9.53 Å². The number of hydrogen-bond acceptors (Lipinski definition) is 3. The van der Waals surface area contributed by atoms with Crippen molar-refractivity contribution in [2.45, 2.75) is 51.7 Å². The molecule has 0 bridgehead atoms. The normalized spacial score (nSPS) is 14.7. The predicted octanol–water partition coefficient (Wildman–Crippen LogP) is 2.74. The highest BCUT2D eigenvalue weighted by Crippen LogP contribution is 2.30. The van der Waals surface area contributed by atoms with Crippen LogP contribution in [0.15, 0.2) is 36.9 Å². The number of benzene rings is 1. The summed E-state index contributed by atoms with van der Waals surface area (Å²) in [5.41, 5.74) is 2.65. The molecule has 0 spiro atoms. The van der Waals surface area contributed by atoms with Crippen LogP contribution in [0.25, 0.3) is 0 Å². The molecule has 128 valence electrons. The highest BCUT2D eigenvalue weighted by molar-refractivity contribution is 5.80. The lowest BCUT2D eigenvalue weighted by Gasteiger charge is -2.22. The maximum atomic E-state index is 12.2. The Morgan fingerprint density at radius 2 is 2.25 bits per heavy atom. The number of fused-ring (bicyclic) bond motifs is 1. The van der Waals surface area contributed by atoms with Gasteiger partial charge in [0.2, 0.25) is 0 Å². The summed E-state index contributed by atoms with van der Waals surface area (Å²) in [5, 5.41) is 2.95. The minimum absolute atomic E-state index is 0.0611. The standard InChI is InChI=1S/C19H25N3O2/c1-15(19(23)21-10-5-12-22-13-11-20-14-22)24-18-9-4-7-16-6-2-3-8-17(16)18/h4,7,9,11,13-15H,2-3,5-6,8,10,12H2,1H3,(H,21,23)/t15-/m1/s1. The lowest BCUT2D eigenvalue weighted by atomic mass is 9.91. The fraction of sp³-hybridized carbons (Fsp3) is 0.474. The molecule has 3 rings (SSSR count). The van der Waals surface area contributed by atoms with Gasteiger partial charge in [0.15, 0.2) is 6.10 Å². The number of imidazole rings is 1. The van der Waals surface area contributed by atoms with E-state index in [-0.39, 0.29) is 5.91 Å². The van der Waals surface area contributed by atoms with Crippen molar-refractivity contribution in [2.24, 2.45) is 0 Å². The van der Waals surface area contributed by atoms with Gasteiger partial charge in [-0.1, -0.05) is 12.1 Å².